The quantitative estimate of drug-likeness (QED) is 0.514. The van der Waals surface area contributed by atoms with Crippen molar-refractivity contribution in [1.82, 2.24) is 4.90 Å². The number of amides is 1. The van der Waals surface area contributed by atoms with Crippen LogP contribution >= 0.6 is 0 Å². The van der Waals surface area contributed by atoms with Gasteiger partial charge in [-0.05, 0) is 89.0 Å². The molecule has 2 aromatic rings. The third-order valence-corrected chi connectivity index (χ3v) is 7.30. The number of nitrogens with zero attached hydrogens (tertiary/aromatic N) is 1. The number of rotatable bonds is 7. The van der Waals surface area contributed by atoms with Gasteiger partial charge in [0.15, 0.2) is 0 Å². The Labute approximate surface area is 215 Å². The van der Waals surface area contributed by atoms with Crippen molar-refractivity contribution >= 4 is 6.09 Å². The van der Waals surface area contributed by atoms with Gasteiger partial charge in [-0.25, -0.2) is 4.79 Å². The van der Waals surface area contributed by atoms with Gasteiger partial charge in [0.1, 0.15) is 23.7 Å². The fourth-order valence-corrected chi connectivity index (χ4v) is 5.69. The molecule has 36 heavy (non-hydrogen) atoms. The van der Waals surface area contributed by atoms with Crippen LogP contribution in [-0.4, -0.2) is 46.2 Å². The zero-order valence-electron chi connectivity index (χ0n) is 22.3. The molecule has 6 nitrogen and oxygen atoms in total. The number of carbonyl (C=O) groups excluding carboxylic acids is 1. The molecule has 1 aliphatic heterocycles. The lowest BCUT2D eigenvalue weighted by Crippen LogP contribution is -2.51. The van der Waals surface area contributed by atoms with Gasteiger partial charge in [0.2, 0.25) is 0 Å². The van der Waals surface area contributed by atoms with E-state index < -0.39 is 11.3 Å². The Morgan fingerprint density at radius 1 is 1.06 bits per heavy atom. The van der Waals surface area contributed by atoms with Crippen LogP contribution in [0.1, 0.15) is 65.0 Å². The molecule has 4 rings (SSSR count). The molecule has 2 aliphatic rings. The summed E-state index contributed by atoms with van der Waals surface area (Å²) in [5.41, 5.74) is 0.816. The lowest BCUT2D eigenvalue weighted by atomic mass is 9.85. The summed E-state index contributed by atoms with van der Waals surface area (Å²) in [4.78, 5) is 15.2. The van der Waals surface area contributed by atoms with Crippen LogP contribution in [-0.2, 0) is 22.5 Å². The maximum absolute atomic E-state index is 13.4. The first-order valence-electron chi connectivity index (χ1n) is 13.1. The van der Waals surface area contributed by atoms with E-state index in [1.54, 1.807) is 4.90 Å². The smallest absolute Gasteiger partial charge is 0.412 e. The molecule has 1 N–H and O–H groups in total. The molecule has 0 radical (unpaired) electrons. The highest BCUT2D eigenvalue weighted by Gasteiger charge is 2.54. The summed E-state index contributed by atoms with van der Waals surface area (Å²) in [5, 5.41) is 10.0. The molecule has 0 unspecified atom stereocenters. The van der Waals surface area contributed by atoms with E-state index in [1.807, 2.05) is 77.1 Å². The van der Waals surface area contributed by atoms with E-state index in [0.29, 0.717) is 13.0 Å². The SMILES string of the molecule is CC(C)(C)OC(=O)N1[C@@H](Cc2ccc(OCc3ccccc3)cc2)[C@H]([C@@H]2CCC[C@@H]2CO)OC1(C)C. The van der Waals surface area contributed by atoms with Crippen LogP contribution in [0.3, 0.4) is 0 Å². The van der Waals surface area contributed by atoms with E-state index in [-0.39, 0.29) is 36.7 Å². The van der Waals surface area contributed by atoms with Crippen LogP contribution in [0, 0.1) is 11.8 Å². The molecule has 1 saturated heterocycles. The molecule has 1 amide bonds. The first-order valence-corrected chi connectivity index (χ1v) is 13.1. The van der Waals surface area contributed by atoms with E-state index in [2.05, 4.69) is 12.1 Å². The van der Waals surface area contributed by atoms with Crippen LogP contribution < -0.4 is 4.74 Å². The molecule has 0 spiro atoms. The predicted octanol–water partition coefficient (Wildman–Crippen LogP) is 5.96. The van der Waals surface area contributed by atoms with Gasteiger partial charge >= 0.3 is 6.09 Å². The van der Waals surface area contributed by atoms with Crippen molar-refractivity contribution in [2.45, 2.75) is 90.4 Å². The lowest BCUT2D eigenvalue weighted by Gasteiger charge is -2.35. The molecular weight excluding hydrogens is 454 g/mol. The zero-order valence-corrected chi connectivity index (χ0v) is 22.3. The van der Waals surface area contributed by atoms with Crippen LogP contribution in [0.5, 0.6) is 5.75 Å². The number of hydrogen-bond acceptors (Lipinski definition) is 5. The third kappa shape index (κ3) is 6.22. The van der Waals surface area contributed by atoms with Crippen molar-refractivity contribution in [3.8, 4) is 5.75 Å². The molecule has 4 atom stereocenters. The lowest BCUT2D eigenvalue weighted by molar-refractivity contribution is -0.0938. The molecule has 1 aliphatic carbocycles. The van der Waals surface area contributed by atoms with Crippen LogP contribution in [0.25, 0.3) is 0 Å². The molecule has 2 fully saturated rings. The highest BCUT2D eigenvalue weighted by atomic mass is 16.6. The summed E-state index contributed by atoms with van der Waals surface area (Å²) in [6, 6.07) is 18.0. The molecule has 0 bridgehead atoms. The van der Waals surface area contributed by atoms with Gasteiger partial charge in [0.05, 0.1) is 12.1 Å². The maximum atomic E-state index is 13.4. The number of carbonyl (C=O) groups is 1. The van der Waals surface area contributed by atoms with Gasteiger partial charge < -0.3 is 19.3 Å². The molecule has 0 aromatic heterocycles. The topological polar surface area (TPSA) is 68.2 Å². The first-order chi connectivity index (χ1) is 17.1. The molecule has 1 heterocycles. The Bertz CT molecular complexity index is 998. The molecule has 1 saturated carbocycles. The second-order valence-corrected chi connectivity index (χ2v) is 11.6. The summed E-state index contributed by atoms with van der Waals surface area (Å²) in [6.07, 6.45) is 3.18. The number of ether oxygens (including phenoxy) is 3. The Hall–Kier alpha value is -2.57. The van der Waals surface area contributed by atoms with Crippen LogP contribution in [0.4, 0.5) is 4.79 Å². The van der Waals surface area contributed by atoms with Crippen molar-refractivity contribution in [1.29, 1.82) is 0 Å². The normalized spacial score (nSPS) is 25.7. The predicted molar refractivity (Wildman–Crippen MR) is 140 cm³/mol. The zero-order chi connectivity index (χ0) is 25.9. The summed E-state index contributed by atoms with van der Waals surface area (Å²) < 4.78 is 18.4. The van der Waals surface area contributed by atoms with Crippen molar-refractivity contribution < 1.29 is 24.1 Å². The van der Waals surface area contributed by atoms with Crippen molar-refractivity contribution in [2.75, 3.05) is 6.61 Å². The Morgan fingerprint density at radius 2 is 1.75 bits per heavy atom. The number of aliphatic hydroxyl groups is 1. The molecule has 2 aromatic carbocycles. The van der Waals surface area contributed by atoms with Gasteiger partial charge in [-0.15, -0.1) is 0 Å². The monoisotopic (exact) mass is 495 g/mol. The van der Waals surface area contributed by atoms with E-state index in [4.69, 9.17) is 14.2 Å². The van der Waals surface area contributed by atoms with E-state index >= 15 is 0 Å². The number of hydrogen-bond donors (Lipinski definition) is 1. The highest BCUT2D eigenvalue weighted by molar-refractivity contribution is 5.70. The summed E-state index contributed by atoms with van der Waals surface area (Å²) in [5.74, 6) is 1.21. The van der Waals surface area contributed by atoms with Crippen molar-refractivity contribution in [2.24, 2.45) is 11.8 Å². The average Bonchev–Trinajstić information content (AvgIpc) is 3.39. The fraction of sp³-hybridized carbons (Fsp3) is 0.567. The fourth-order valence-electron chi connectivity index (χ4n) is 5.69. The van der Waals surface area contributed by atoms with E-state index in [1.165, 1.54) is 0 Å². The maximum Gasteiger partial charge on any atom is 0.412 e. The first kappa shape index (κ1) is 26.5. The summed E-state index contributed by atoms with van der Waals surface area (Å²) in [7, 11) is 0. The Morgan fingerprint density at radius 3 is 2.39 bits per heavy atom. The highest BCUT2D eigenvalue weighted by Crippen LogP contribution is 2.45. The van der Waals surface area contributed by atoms with Gasteiger partial charge in [-0.3, -0.25) is 4.90 Å². The standard InChI is InChI=1S/C30H41NO5/c1-29(2,3)36-28(33)31-26(27(35-30(31,4)5)25-13-9-12-23(25)19-32)18-21-14-16-24(17-15-21)34-20-22-10-7-6-8-11-22/h6-8,10-11,14-17,23,25-27,32H,9,12-13,18-20H2,1-5H3/t23-,25-,26+,27+/m1/s1. The second kappa shape index (κ2) is 10.8. The summed E-state index contributed by atoms with van der Waals surface area (Å²) in [6.45, 7) is 10.2. The second-order valence-electron chi connectivity index (χ2n) is 11.6. The van der Waals surface area contributed by atoms with Crippen molar-refractivity contribution in [3.63, 3.8) is 0 Å². The molecule has 196 valence electrons. The van der Waals surface area contributed by atoms with Crippen LogP contribution in [0.15, 0.2) is 54.6 Å². The average molecular weight is 496 g/mol. The third-order valence-electron chi connectivity index (χ3n) is 7.30. The minimum Gasteiger partial charge on any atom is -0.489 e. The van der Waals surface area contributed by atoms with E-state index in [9.17, 15) is 9.90 Å². The van der Waals surface area contributed by atoms with Crippen LogP contribution in [0.2, 0.25) is 0 Å². The van der Waals surface area contributed by atoms with Crippen molar-refractivity contribution in [3.05, 3.63) is 65.7 Å². The van der Waals surface area contributed by atoms with Gasteiger partial charge in [-0.1, -0.05) is 48.9 Å². The minimum atomic E-state index is -0.807. The van der Waals surface area contributed by atoms with Gasteiger partial charge in [-0.2, -0.15) is 0 Å². The summed E-state index contributed by atoms with van der Waals surface area (Å²) >= 11 is 0. The minimum absolute atomic E-state index is 0.150. The van der Waals surface area contributed by atoms with Gasteiger partial charge in [0.25, 0.3) is 0 Å². The number of aliphatic hydroxyl groups excluding tert-OH is 1. The molecular formula is C30H41NO5. The van der Waals surface area contributed by atoms with Gasteiger partial charge in [0, 0.05) is 6.61 Å². The molecule has 6 heteroatoms. The van der Waals surface area contributed by atoms with E-state index in [0.717, 1.165) is 36.1 Å². The Kier molecular flexibility index (Phi) is 7.96. The largest absolute Gasteiger partial charge is 0.489 e. The number of benzene rings is 2. The Balaban J connectivity index is 1.54.